The average Bonchev–Trinajstić information content (AvgIpc) is 3.03. The van der Waals surface area contributed by atoms with Gasteiger partial charge in [-0.15, -0.1) is 36.2 Å². The summed E-state index contributed by atoms with van der Waals surface area (Å²) in [6.07, 6.45) is 1.97. The number of amidine groups is 1. The molecule has 30 heavy (non-hydrogen) atoms. The Balaban J connectivity index is 0.00000160. The Morgan fingerprint density at radius 2 is 2.07 bits per heavy atom. The molecule has 1 N–H and O–H groups in total. The molecule has 1 saturated heterocycles. The number of ether oxygens (including phenoxy) is 1. The molecule has 3 heterocycles. The van der Waals surface area contributed by atoms with Crippen LogP contribution in [0.3, 0.4) is 0 Å². The number of aryl methyl sites for hydroxylation is 1. The first-order valence-corrected chi connectivity index (χ1v) is 10.6. The Kier molecular flexibility index (Phi) is 8.94. The van der Waals surface area contributed by atoms with Gasteiger partial charge < -0.3 is 15.0 Å². The number of benzene rings is 1. The molecule has 2 aromatic rings. The highest BCUT2D eigenvalue weighted by Crippen LogP contribution is 2.40. The number of aliphatic imine (C=N–C) groups is 1. The summed E-state index contributed by atoms with van der Waals surface area (Å²) in [5.74, 6) is 0.734. The van der Waals surface area contributed by atoms with Crippen LogP contribution in [-0.4, -0.2) is 62.1 Å². The minimum atomic E-state index is -0.252. The second kappa shape index (κ2) is 10.8. The summed E-state index contributed by atoms with van der Waals surface area (Å²) in [6, 6.07) is 7.42. The first-order valence-electron chi connectivity index (χ1n) is 9.81. The van der Waals surface area contributed by atoms with E-state index >= 15 is 0 Å². The number of thiophene rings is 1. The Labute approximate surface area is 194 Å². The predicted molar refractivity (Wildman–Crippen MR) is 129 cm³/mol. The summed E-state index contributed by atoms with van der Waals surface area (Å²) in [7, 11) is 3.93. The van der Waals surface area contributed by atoms with Crippen LogP contribution in [0.5, 0.6) is 0 Å². The van der Waals surface area contributed by atoms with Crippen LogP contribution in [0.4, 0.5) is 20.8 Å². The largest absolute Gasteiger partial charge is 0.385 e. The molecular formula is C21H29Cl2FN4OS. The topological polar surface area (TPSA) is 40.1 Å². The zero-order valence-corrected chi connectivity index (χ0v) is 19.9. The standard InChI is InChI=1S/C21H27FN4OS.2ClH/c1-4-16-12-17-20(26-9-8-25(2)15(13-26)7-10-27-3)23-18-6-5-14(22)11-19(18)24-21(17)28-16;;/h5-6,11-12,15,24H,4,7-10,13H2,1-3H3;2*1H/t15-;;/m0../s1. The van der Waals surface area contributed by atoms with Crippen LogP contribution in [0.15, 0.2) is 29.3 Å². The number of rotatable bonds is 4. The second-order valence-corrected chi connectivity index (χ2v) is 8.53. The maximum absolute atomic E-state index is 13.8. The molecule has 9 heteroatoms. The quantitative estimate of drug-likeness (QED) is 0.670. The molecule has 1 aromatic heterocycles. The smallest absolute Gasteiger partial charge is 0.139 e. The van der Waals surface area contributed by atoms with E-state index in [1.54, 1.807) is 24.5 Å². The maximum atomic E-state index is 13.8. The minimum Gasteiger partial charge on any atom is -0.385 e. The number of hydrogen-bond acceptors (Lipinski definition) is 6. The number of likely N-dealkylation sites (N-methyl/N-ethyl adjacent to an activating group) is 1. The summed E-state index contributed by atoms with van der Waals surface area (Å²) in [5, 5.41) is 4.48. The number of hydrogen-bond donors (Lipinski definition) is 1. The molecule has 166 valence electrons. The Bertz CT molecular complexity index is 892. The molecule has 1 fully saturated rings. The van der Waals surface area contributed by atoms with E-state index in [1.807, 2.05) is 0 Å². The molecule has 0 spiro atoms. The zero-order valence-electron chi connectivity index (χ0n) is 17.5. The van der Waals surface area contributed by atoms with Crippen molar-refractivity contribution in [2.75, 3.05) is 45.7 Å². The van der Waals surface area contributed by atoms with Crippen LogP contribution in [0.25, 0.3) is 0 Å². The number of anilines is 2. The fourth-order valence-corrected chi connectivity index (χ4v) is 4.83. The van der Waals surface area contributed by atoms with Gasteiger partial charge in [0.1, 0.15) is 16.7 Å². The van der Waals surface area contributed by atoms with Crippen LogP contribution in [0.1, 0.15) is 23.8 Å². The highest BCUT2D eigenvalue weighted by molar-refractivity contribution is 7.16. The van der Waals surface area contributed by atoms with Crippen molar-refractivity contribution in [1.29, 1.82) is 0 Å². The molecule has 0 saturated carbocycles. The molecule has 5 nitrogen and oxygen atoms in total. The number of piperazine rings is 1. The molecule has 1 aromatic carbocycles. The third kappa shape index (κ3) is 5.08. The molecule has 2 aliphatic rings. The van der Waals surface area contributed by atoms with Crippen LogP contribution < -0.4 is 5.32 Å². The van der Waals surface area contributed by atoms with E-state index in [2.05, 4.69) is 35.2 Å². The number of nitrogens with one attached hydrogen (secondary N) is 1. The van der Waals surface area contributed by atoms with E-state index in [9.17, 15) is 4.39 Å². The fourth-order valence-electron chi connectivity index (χ4n) is 3.82. The van der Waals surface area contributed by atoms with Gasteiger partial charge in [0.15, 0.2) is 0 Å². The highest BCUT2D eigenvalue weighted by Gasteiger charge is 2.30. The Hall–Kier alpha value is -1.38. The Morgan fingerprint density at radius 1 is 1.27 bits per heavy atom. The van der Waals surface area contributed by atoms with Crippen molar-refractivity contribution in [2.24, 2.45) is 4.99 Å². The summed E-state index contributed by atoms with van der Waals surface area (Å²) < 4.78 is 19.1. The third-order valence-electron chi connectivity index (χ3n) is 5.54. The molecule has 4 rings (SSSR count). The first-order chi connectivity index (χ1) is 13.6. The lowest BCUT2D eigenvalue weighted by Crippen LogP contribution is -2.53. The van der Waals surface area contributed by atoms with Crippen molar-refractivity contribution in [3.05, 3.63) is 40.5 Å². The van der Waals surface area contributed by atoms with E-state index in [0.29, 0.717) is 6.04 Å². The van der Waals surface area contributed by atoms with E-state index < -0.39 is 0 Å². The zero-order chi connectivity index (χ0) is 19.7. The molecule has 0 aliphatic carbocycles. The fraction of sp³-hybridized carbons (Fsp3) is 0.476. The van der Waals surface area contributed by atoms with E-state index in [0.717, 1.165) is 66.9 Å². The van der Waals surface area contributed by atoms with Crippen LogP contribution in [0, 0.1) is 5.82 Å². The van der Waals surface area contributed by atoms with Crippen molar-refractivity contribution in [1.82, 2.24) is 9.80 Å². The van der Waals surface area contributed by atoms with Gasteiger partial charge in [0.2, 0.25) is 0 Å². The molecule has 0 bridgehead atoms. The molecular weight excluding hydrogens is 446 g/mol. The summed E-state index contributed by atoms with van der Waals surface area (Å²) in [5.41, 5.74) is 2.63. The summed E-state index contributed by atoms with van der Waals surface area (Å²) in [6.45, 7) is 5.73. The van der Waals surface area contributed by atoms with Crippen molar-refractivity contribution < 1.29 is 9.13 Å². The molecule has 0 amide bonds. The van der Waals surface area contributed by atoms with E-state index in [1.165, 1.54) is 17.0 Å². The normalized spacial score (nSPS) is 18.2. The van der Waals surface area contributed by atoms with Gasteiger partial charge in [0.05, 0.1) is 16.9 Å². The van der Waals surface area contributed by atoms with Crippen LogP contribution >= 0.6 is 36.2 Å². The number of methoxy groups -OCH3 is 1. The monoisotopic (exact) mass is 474 g/mol. The van der Waals surface area contributed by atoms with Crippen molar-refractivity contribution >= 4 is 58.4 Å². The van der Waals surface area contributed by atoms with Gasteiger partial charge in [-0.3, -0.25) is 4.90 Å². The van der Waals surface area contributed by atoms with Gasteiger partial charge >= 0.3 is 0 Å². The van der Waals surface area contributed by atoms with Gasteiger partial charge in [0.25, 0.3) is 0 Å². The lowest BCUT2D eigenvalue weighted by atomic mass is 10.1. The Morgan fingerprint density at radius 3 is 2.80 bits per heavy atom. The second-order valence-electron chi connectivity index (χ2n) is 7.39. The highest BCUT2D eigenvalue weighted by atomic mass is 35.5. The van der Waals surface area contributed by atoms with Crippen molar-refractivity contribution in [2.45, 2.75) is 25.8 Å². The molecule has 0 radical (unpaired) electrons. The lowest BCUT2D eigenvalue weighted by Gasteiger charge is -2.40. The van der Waals surface area contributed by atoms with E-state index in [-0.39, 0.29) is 30.6 Å². The predicted octanol–water partition coefficient (Wildman–Crippen LogP) is 5.08. The van der Waals surface area contributed by atoms with Gasteiger partial charge in [-0.2, -0.15) is 0 Å². The first kappa shape index (κ1) is 24.9. The van der Waals surface area contributed by atoms with Gasteiger partial charge in [-0.1, -0.05) is 6.92 Å². The summed E-state index contributed by atoms with van der Waals surface area (Å²) in [4.78, 5) is 11.1. The van der Waals surface area contributed by atoms with Crippen molar-refractivity contribution in [3.63, 3.8) is 0 Å². The minimum absolute atomic E-state index is 0. The third-order valence-corrected chi connectivity index (χ3v) is 6.73. The number of halogens is 3. The lowest BCUT2D eigenvalue weighted by molar-refractivity contribution is 0.100. The SMILES string of the molecule is CCc1cc2c(s1)Nc1cc(F)ccc1N=C2N1CCN(C)[C@@H](CCOC)C1.Cl.Cl. The number of nitrogens with zero attached hydrogens (tertiary/aromatic N) is 3. The van der Waals surface area contributed by atoms with Crippen LogP contribution in [-0.2, 0) is 11.2 Å². The maximum Gasteiger partial charge on any atom is 0.139 e. The van der Waals surface area contributed by atoms with Crippen LogP contribution in [0.2, 0.25) is 0 Å². The van der Waals surface area contributed by atoms with Gasteiger partial charge in [-0.25, -0.2) is 9.38 Å². The molecule has 1 atom stereocenters. The number of fused-ring (bicyclic) bond motifs is 2. The van der Waals surface area contributed by atoms with E-state index in [4.69, 9.17) is 9.73 Å². The average molecular weight is 475 g/mol. The molecule has 0 unspecified atom stereocenters. The van der Waals surface area contributed by atoms with Crippen molar-refractivity contribution in [3.8, 4) is 0 Å². The van der Waals surface area contributed by atoms with Gasteiger partial charge in [0, 0.05) is 44.3 Å². The summed E-state index contributed by atoms with van der Waals surface area (Å²) >= 11 is 1.73. The van der Waals surface area contributed by atoms with Gasteiger partial charge in [-0.05, 0) is 44.2 Å². The molecule has 2 aliphatic heterocycles.